The zero-order valence-corrected chi connectivity index (χ0v) is 14.3. The summed E-state index contributed by atoms with van der Waals surface area (Å²) in [4.78, 5) is 17.5. The van der Waals surface area contributed by atoms with Gasteiger partial charge in [0.05, 0.1) is 0 Å². The average Bonchev–Trinajstić information content (AvgIpc) is 3.06. The van der Waals surface area contributed by atoms with Gasteiger partial charge < -0.3 is 9.80 Å². The van der Waals surface area contributed by atoms with Crippen LogP contribution in [0.4, 0.5) is 0 Å². The van der Waals surface area contributed by atoms with Gasteiger partial charge in [0.2, 0.25) is 0 Å². The molecule has 3 rings (SSSR count). The van der Waals surface area contributed by atoms with Crippen molar-refractivity contribution in [3.63, 3.8) is 0 Å². The van der Waals surface area contributed by atoms with E-state index in [4.69, 9.17) is 0 Å². The Labute approximate surface area is 133 Å². The molecule has 0 aliphatic carbocycles. The summed E-state index contributed by atoms with van der Waals surface area (Å²) in [6.07, 6.45) is 4.47. The molecule has 0 unspecified atom stereocenters. The molecule has 122 valence electrons. The van der Waals surface area contributed by atoms with E-state index in [0.717, 1.165) is 51.0 Å². The average molecular weight is 304 g/mol. The SMILES string of the molecule is Cc1cc(C(=O)N2CCCC23CCN(C)CC3)nn1C(C)C. The highest BCUT2D eigenvalue weighted by atomic mass is 16.2. The minimum atomic E-state index is 0.0824. The number of piperidine rings is 1. The lowest BCUT2D eigenvalue weighted by atomic mass is 9.85. The molecule has 22 heavy (non-hydrogen) atoms. The molecule has 0 atom stereocenters. The van der Waals surface area contributed by atoms with E-state index in [1.807, 2.05) is 17.7 Å². The lowest BCUT2D eigenvalue weighted by Gasteiger charge is -2.44. The van der Waals surface area contributed by atoms with Crippen LogP contribution in [-0.2, 0) is 0 Å². The largest absolute Gasteiger partial charge is 0.331 e. The highest BCUT2D eigenvalue weighted by Crippen LogP contribution is 2.39. The van der Waals surface area contributed by atoms with Crippen molar-refractivity contribution in [3.8, 4) is 0 Å². The number of amides is 1. The minimum absolute atomic E-state index is 0.0824. The Morgan fingerprint density at radius 3 is 2.50 bits per heavy atom. The normalized spacial score (nSPS) is 22.0. The molecule has 0 bridgehead atoms. The zero-order valence-electron chi connectivity index (χ0n) is 14.3. The molecule has 0 aromatic carbocycles. The van der Waals surface area contributed by atoms with Crippen molar-refractivity contribution in [1.82, 2.24) is 19.6 Å². The van der Waals surface area contributed by atoms with Crippen LogP contribution in [0.25, 0.3) is 0 Å². The third-order valence-electron chi connectivity index (χ3n) is 5.39. The molecule has 2 fully saturated rings. The molecule has 3 heterocycles. The summed E-state index contributed by atoms with van der Waals surface area (Å²) >= 11 is 0. The van der Waals surface area contributed by atoms with Gasteiger partial charge in [0.25, 0.3) is 5.91 Å². The number of rotatable bonds is 2. The summed E-state index contributed by atoms with van der Waals surface area (Å²) < 4.78 is 1.95. The lowest BCUT2D eigenvalue weighted by Crippen LogP contribution is -2.53. The highest BCUT2D eigenvalue weighted by molar-refractivity contribution is 5.93. The Balaban J connectivity index is 1.83. The van der Waals surface area contributed by atoms with Gasteiger partial charge in [0.1, 0.15) is 0 Å². The van der Waals surface area contributed by atoms with E-state index < -0.39 is 0 Å². The van der Waals surface area contributed by atoms with Crippen LogP contribution in [0, 0.1) is 6.92 Å². The van der Waals surface area contributed by atoms with Crippen LogP contribution in [0.3, 0.4) is 0 Å². The number of hydrogen-bond donors (Lipinski definition) is 0. The Hall–Kier alpha value is -1.36. The molecule has 5 heteroatoms. The predicted molar refractivity (Wildman–Crippen MR) is 87.1 cm³/mol. The number of carbonyl (C=O) groups is 1. The molecule has 0 radical (unpaired) electrons. The van der Waals surface area contributed by atoms with Gasteiger partial charge in [-0.1, -0.05) is 0 Å². The lowest BCUT2D eigenvalue weighted by molar-refractivity contribution is 0.0402. The maximum Gasteiger partial charge on any atom is 0.274 e. The van der Waals surface area contributed by atoms with Gasteiger partial charge in [-0.15, -0.1) is 0 Å². The Morgan fingerprint density at radius 1 is 1.23 bits per heavy atom. The van der Waals surface area contributed by atoms with Crippen LogP contribution >= 0.6 is 0 Å². The third-order valence-corrected chi connectivity index (χ3v) is 5.39. The van der Waals surface area contributed by atoms with Gasteiger partial charge in [-0.3, -0.25) is 9.48 Å². The number of nitrogens with zero attached hydrogens (tertiary/aromatic N) is 4. The topological polar surface area (TPSA) is 41.4 Å². The molecule has 1 aromatic rings. The quantitative estimate of drug-likeness (QED) is 0.843. The smallest absolute Gasteiger partial charge is 0.274 e. The van der Waals surface area contributed by atoms with E-state index in [1.54, 1.807) is 0 Å². The van der Waals surface area contributed by atoms with Crippen molar-refractivity contribution in [2.75, 3.05) is 26.7 Å². The van der Waals surface area contributed by atoms with Gasteiger partial charge in [-0.2, -0.15) is 5.10 Å². The summed E-state index contributed by atoms with van der Waals surface area (Å²) in [5.74, 6) is 0.129. The fourth-order valence-corrected chi connectivity index (χ4v) is 4.06. The maximum atomic E-state index is 13.0. The second-order valence-corrected chi connectivity index (χ2v) is 7.30. The summed E-state index contributed by atoms with van der Waals surface area (Å²) in [6, 6.07) is 2.24. The van der Waals surface area contributed by atoms with E-state index in [9.17, 15) is 4.79 Å². The summed E-state index contributed by atoms with van der Waals surface area (Å²) in [7, 11) is 2.17. The second-order valence-electron chi connectivity index (χ2n) is 7.30. The van der Waals surface area contributed by atoms with E-state index >= 15 is 0 Å². The van der Waals surface area contributed by atoms with E-state index in [0.29, 0.717) is 5.69 Å². The van der Waals surface area contributed by atoms with E-state index in [2.05, 4.69) is 35.8 Å². The first kappa shape index (κ1) is 15.5. The van der Waals surface area contributed by atoms with Crippen LogP contribution in [0.5, 0.6) is 0 Å². The first-order valence-corrected chi connectivity index (χ1v) is 8.50. The third kappa shape index (κ3) is 2.56. The molecule has 1 amide bonds. The summed E-state index contributed by atoms with van der Waals surface area (Å²) in [5.41, 5.74) is 1.76. The van der Waals surface area contributed by atoms with E-state index in [1.165, 1.54) is 0 Å². The second kappa shape index (κ2) is 5.69. The first-order valence-electron chi connectivity index (χ1n) is 8.50. The highest BCUT2D eigenvalue weighted by Gasteiger charge is 2.45. The molecule has 2 aliphatic rings. The minimum Gasteiger partial charge on any atom is -0.331 e. The predicted octanol–water partition coefficient (Wildman–Crippen LogP) is 2.47. The van der Waals surface area contributed by atoms with Crippen LogP contribution in [0.2, 0.25) is 0 Å². The molecular weight excluding hydrogens is 276 g/mol. The van der Waals surface area contributed by atoms with Crippen molar-refractivity contribution in [1.29, 1.82) is 0 Å². The van der Waals surface area contributed by atoms with Crippen molar-refractivity contribution in [3.05, 3.63) is 17.5 Å². The van der Waals surface area contributed by atoms with Crippen LogP contribution in [-0.4, -0.2) is 57.7 Å². The van der Waals surface area contributed by atoms with E-state index in [-0.39, 0.29) is 17.5 Å². The number of hydrogen-bond acceptors (Lipinski definition) is 3. The standard InChI is InChI=1S/C17H28N4O/c1-13(2)21-14(3)12-15(18-21)16(22)20-9-5-6-17(20)7-10-19(4)11-8-17/h12-13H,5-11H2,1-4H3. The summed E-state index contributed by atoms with van der Waals surface area (Å²) in [6.45, 7) is 9.28. The van der Waals surface area contributed by atoms with Gasteiger partial charge in [0, 0.05) is 36.9 Å². The van der Waals surface area contributed by atoms with Gasteiger partial charge in [-0.25, -0.2) is 0 Å². The Kier molecular flexibility index (Phi) is 4.02. The maximum absolute atomic E-state index is 13.0. The van der Waals surface area contributed by atoms with Crippen molar-refractivity contribution in [2.24, 2.45) is 0 Å². The van der Waals surface area contributed by atoms with Crippen LogP contribution in [0.15, 0.2) is 6.07 Å². The van der Waals surface area contributed by atoms with Crippen LogP contribution in [0.1, 0.15) is 61.8 Å². The molecule has 1 spiro atoms. The fraction of sp³-hybridized carbons (Fsp3) is 0.765. The molecule has 0 N–H and O–H groups in total. The van der Waals surface area contributed by atoms with Gasteiger partial charge in [0.15, 0.2) is 5.69 Å². The molecule has 1 aromatic heterocycles. The molecule has 5 nitrogen and oxygen atoms in total. The van der Waals surface area contributed by atoms with Crippen molar-refractivity contribution in [2.45, 2.75) is 58.0 Å². The zero-order chi connectivity index (χ0) is 15.9. The number of likely N-dealkylation sites (tertiary alicyclic amines) is 2. The Morgan fingerprint density at radius 2 is 1.91 bits per heavy atom. The first-order chi connectivity index (χ1) is 10.4. The summed E-state index contributed by atoms with van der Waals surface area (Å²) in [5, 5.41) is 4.56. The van der Waals surface area contributed by atoms with Crippen molar-refractivity contribution < 1.29 is 4.79 Å². The fourth-order valence-electron chi connectivity index (χ4n) is 4.06. The molecule has 2 saturated heterocycles. The van der Waals surface area contributed by atoms with Crippen LogP contribution < -0.4 is 0 Å². The number of aryl methyl sites for hydroxylation is 1. The Bertz CT molecular complexity index is 555. The molecule has 2 aliphatic heterocycles. The molecule has 0 saturated carbocycles. The van der Waals surface area contributed by atoms with Gasteiger partial charge >= 0.3 is 0 Å². The molecular formula is C17H28N4O. The number of carbonyl (C=O) groups excluding carboxylic acids is 1. The number of aromatic nitrogens is 2. The monoisotopic (exact) mass is 304 g/mol. The van der Waals surface area contributed by atoms with Gasteiger partial charge in [-0.05, 0) is 59.6 Å². The van der Waals surface area contributed by atoms with Crippen molar-refractivity contribution >= 4 is 5.91 Å².